The van der Waals surface area contributed by atoms with E-state index in [1.165, 1.54) is 0 Å². The van der Waals surface area contributed by atoms with Crippen LogP contribution >= 0.6 is 0 Å². The lowest BCUT2D eigenvalue weighted by Gasteiger charge is -2.34. The van der Waals surface area contributed by atoms with Crippen molar-refractivity contribution in [1.82, 2.24) is 15.1 Å². The second-order valence-corrected chi connectivity index (χ2v) is 7.94. The molecule has 9 heteroatoms. The first-order valence-corrected chi connectivity index (χ1v) is 10.9. The molecule has 3 aliphatic heterocycles. The first-order valence-electron chi connectivity index (χ1n) is 10.9. The van der Waals surface area contributed by atoms with Crippen molar-refractivity contribution in [3.63, 3.8) is 0 Å². The zero-order valence-corrected chi connectivity index (χ0v) is 18.1. The number of fused-ring (bicyclic) bond motifs is 2. The van der Waals surface area contributed by atoms with Crippen LogP contribution in [0.2, 0.25) is 0 Å². The smallest absolute Gasteiger partial charge is 0.251 e. The molecule has 0 spiro atoms. The number of nitrogens with one attached hydrogen (secondary N) is 1. The van der Waals surface area contributed by atoms with Crippen LogP contribution in [0.5, 0.6) is 23.0 Å². The Morgan fingerprint density at radius 2 is 1.52 bits per heavy atom. The summed E-state index contributed by atoms with van der Waals surface area (Å²) in [5.41, 5.74) is 1.44. The quantitative estimate of drug-likeness (QED) is 0.669. The van der Waals surface area contributed by atoms with E-state index in [-0.39, 0.29) is 25.4 Å². The number of rotatable bonds is 6. The van der Waals surface area contributed by atoms with Gasteiger partial charge in [0.25, 0.3) is 5.91 Å². The van der Waals surface area contributed by atoms with Gasteiger partial charge < -0.3 is 29.2 Å². The van der Waals surface area contributed by atoms with Crippen molar-refractivity contribution < 1.29 is 28.5 Å². The molecule has 0 atom stereocenters. The minimum atomic E-state index is -0.143. The van der Waals surface area contributed by atoms with Gasteiger partial charge in [0.2, 0.25) is 19.5 Å². The fourth-order valence-corrected chi connectivity index (χ4v) is 3.95. The second-order valence-electron chi connectivity index (χ2n) is 7.94. The maximum atomic E-state index is 12.5. The Kier molecular flexibility index (Phi) is 6.03. The molecule has 33 heavy (non-hydrogen) atoms. The minimum Gasteiger partial charge on any atom is -0.454 e. The molecule has 3 heterocycles. The summed E-state index contributed by atoms with van der Waals surface area (Å²) in [6.45, 7) is 4.52. The van der Waals surface area contributed by atoms with Crippen LogP contribution in [0.3, 0.4) is 0 Å². The molecule has 1 fully saturated rings. The lowest BCUT2D eigenvalue weighted by molar-refractivity contribution is -0.127. The molecule has 1 saturated heterocycles. The van der Waals surface area contributed by atoms with Crippen molar-refractivity contribution in [3.8, 4) is 23.0 Å². The lowest BCUT2D eigenvalue weighted by Crippen LogP contribution is -2.49. The van der Waals surface area contributed by atoms with Crippen molar-refractivity contribution in [1.29, 1.82) is 0 Å². The third kappa shape index (κ3) is 4.88. The third-order valence-electron chi connectivity index (χ3n) is 5.85. The van der Waals surface area contributed by atoms with Crippen molar-refractivity contribution in [2.75, 3.05) is 52.9 Å². The van der Waals surface area contributed by atoms with E-state index in [9.17, 15) is 9.59 Å². The van der Waals surface area contributed by atoms with Gasteiger partial charge in [-0.2, -0.15) is 0 Å². The maximum Gasteiger partial charge on any atom is 0.251 e. The number of nitrogens with zero attached hydrogens (tertiary/aromatic N) is 2. The molecular weight excluding hydrogens is 426 g/mol. The van der Waals surface area contributed by atoms with Crippen LogP contribution in [0.25, 0.3) is 6.08 Å². The van der Waals surface area contributed by atoms with Gasteiger partial charge in [0.1, 0.15) is 0 Å². The largest absolute Gasteiger partial charge is 0.454 e. The predicted molar refractivity (Wildman–Crippen MR) is 120 cm³/mol. The number of carbonyl (C=O) groups is 2. The molecule has 0 saturated carbocycles. The summed E-state index contributed by atoms with van der Waals surface area (Å²) in [5, 5.41) is 2.94. The SMILES string of the molecule is O=C(NCCN1CCN(C(=O)/C=C/c2ccc3c(c2)OCO3)CC1)c1ccc2c(c1)OCO2. The van der Waals surface area contributed by atoms with Gasteiger partial charge in [-0.25, -0.2) is 0 Å². The second kappa shape index (κ2) is 9.41. The van der Waals surface area contributed by atoms with Crippen LogP contribution in [0.4, 0.5) is 0 Å². The van der Waals surface area contributed by atoms with Gasteiger partial charge in [-0.3, -0.25) is 14.5 Å². The highest BCUT2D eigenvalue weighted by atomic mass is 16.7. The number of piperazine rings is 1. The molecule has 9 nitrogen and oxygen atoms in total. The highest BCUT2D eigenvalue weighted by molar-refractivity contribution is 5.95. The van der Waals surface area contributed by atoms with E-state index in [0.29, 0.717) is 42.4 Å². The zero-order valence-electron chi connectivity index (χ0n) is 18.1. The Hall–Kier alpha value is -3.72. The summed E-state index contributed by atoms with van der Waals surface area (Å²) in [6.07, 6.45) is 3.39. The highest BCUT2D eigenvalue weighted by Gasteiger charge is 2.20. The molecule has 5 rings (SSSR count). The summed E-state index contributed by atoms with van der Waals surface area (Å²) >= 11 is 0. The fourth-order valence-electron chi connectivity index (χ4n) is 3.95. The van der Waals surface area contributed by atoms with E-state index in [4.69, 9.17) is 18.9 Å². The standard InChI is InChI=1S/C24H25N3O6/c28-23(6-2-17-1-4-19-21(13-17)32-15-30-19)27-11-9-26(10-12-27)8-7-25-24(29)18-3-5-20-22(14-18)33-16-31-20/h1-6,13-14H,7-12,15-16H2,(H,25,29)/b6-2+. The highest BCUT2D eigenvalue weighted by Crippen LogP contribution is 2.33. The van der Waals surface area contributed by atoms with Crippen LogP contribution in [-0.2, 0) is 4.79 Å². The van der Waals surface area contributed by atoms with Crippen LogP contribution in [0.1, 0.15) is 15.9 Å². The summed E-state index contributed by atoms with van der Waals surface area (Å²) in [7, 11) is 0. The molecule has 0 aliphatic carbocycles. The van der Waals surface area contributed by atoms with E-state index in [1.807, 2.05) is 23.1 Å². The molecule has 2 aromatic rings. The number of hydrogen-bond acceptors (Lipinski definition) is 7. The Labute approximate surface area is 191 Å². The van der Waals surface area contributed by atoms with E-state index in [1.54, 1.807) is 30.4 Å². The van der Waals surface area contributed by atoms with E-state index in [0.717, 1.165) is 30.9 Å². The normalized spacial score (nSPS) is 16.9. The third-order valence-corrected chi connectivity index (χ3v) is 5.85. The summed E-state index contributed by atoms with van der Waals surface area (Å²) < 4.78 is 21.3. The van der Waals surface area contributed by atoms with Gasteiger partial charge >= 0.3 is 0 Å². The average molecular weight is 451 g/mol. The zero-order chi connectivity index (χ0) is 22.6. The predicted octanol–water partition coefficient (Wildman–Crippen LogP) is 1.73. The van der Waals surface area contributed by atoms with Crippen molar-refractivity contribution in [2.45, 2.75) is 0 Å². The van der Waals surface area contributed by atoms with Gasteiger partial charge in [-0.15, -0.1) is 0 Å². The molecule has 2 amide bonds. The van der Waals surface area contributed by atoms with Gasteiger partial charge in [0, 0.05) is 50.9 Å². The molecule has 1 N–H and O–H groups in total. The molecule has 172 valence electrons. The monoisotopic (exact) mass is 451 g/mol. The minimum absolute atomic E-state index is 0.0107. The summed E-state index contributed by atoms with van der Waals surface area (Å²) in [6, 6.07) is 10.8. The summed E-state index contributed by atoms with van der Waals surface area (Å²) in [4.78, 5) is 29.0. The van der Waals surface area contributed by atoms with Crippen LogP contribution < -0.4 is 24.3 Å². The molecule has 0 bridgehead atoms. The van der Waals surface area contributed by atoms with Crippen molar-refractivity contribution >= 4 is 17.9 Å². The van der Waals surface area contributed by atoms with Gasteiger partial charge in [-0.05, 0) is 42.0 Å². The Morgan fingerprint density at radius 1 is 0.848 bits per heavy atom. The van der Waals surface area contributed by atoms with Gasteiger partial charge in [0.15, 0.2) is 23.0 Å². The Morgan fingerprint density at radius 3 is 2.27 bits per heavy atom. The number of carbonyl (C=O) groups excluding carboxylic acids is 2. The van der Waals surface area contributed by atoms with E-state index < -0.39 is 0 Å². The van der Waals surface area contributed by atoms with E-state index in [2.05, 4.69) is 10.2 Å². The molecule has 0 aromatic heterocycles. The fraction of sp³-hybridized carbons (Fsp3) is 0.333. The Balaban J connectivity index is 1.04. The van der Waals surface area contributed by atoms with Crippen LogP contribution in [-0.4, -0.2) is 74.5 Å². The van der Waals surface area contributed by atoms with Crippen molar-refractivity contribution in [2.24, 2.45) is 0 Å². The molecule has 0 radical (unpaired) electrons. The van der Waals surface area contributed by atoms with Gasteiger partial charge in [-0.1, -0.05) is 6.07 Å². The maximum absolute atomic E-state index is 12.5. The topological polar surface area (TPSA) is 89.6 Å². The first kappa shape index (κ1) is 21.1. The summed E-state index contributed by atoms with van der Waals surface area (Å²) in [5.74, 6) is 2.52. The number of ether oxygens (including phenoxy) is 4. The van der Waals surface area contributed by atoms with Crippen molar-refractivity contribution in [3.05, 3.63) is 53.6 Å². The lowest BCUT2D eigenvalue weighted by atomic mass is 10.2. The average Bonchev–Trinajstić information content (AvgIpc) is 3.51. The molecule has 0 unspecified atom stereocenters. The first-order chi connectivity index (χ1) is 16.2. The van der Waals surface area contributed by atoms with E-state index >= 15 is 0 Å². The van der Waals surface area contributed by atoms with Gasteiger partial charge in [0.05, 0.1) is 0 Å². The molecule has 2 aromatic carbocycles. The molecular formula is C24H25N3O6. The Bertz CT molecular complexity index is 1080. The number of benzene rings is 2. The number of amides is 2. The molecule has 3 aliphatic rings. The number of hydrogen-bond donors (Lipinski definition) is 1. The van der Waals surface area contributed by atoms with Crippen LogP contribution in [0, 0.1) is 0 Å². The van der Waals surface area contributed by atoms with Crippen LogP contribution in [0.15, 0.2) is 42.5 Å².